The summed E-state index contributed by atoms with van der Waals surface area (Å²) in [6.45, 7) is 2.28. The minimum atomic E-state index is -0.735. The zero-order chi connectivity index (χ0) is 17.0. The number of anilines is 1. The third-order valence-electron chi connectivity index (χ3n) is 4.41. The van der Waals surface area contributed by atoms with Gasteiger partial charge < -0.3 is 20.5 Å². The third-order valence-corrected chi connectivity index (χ3v) is 4.41. The first-order valence-electron chi connectivity index (χ1n) is 8.19. The van der Waals surface area contributed by atoms with E-state index in [2.05, 4.69) is 10.6 Å². The van der Waals surface area contributed by atoms with Crippen LogP contribution in [0, 0.1) is 0 Å². The van der Waals surface area contributed by atoms with Crippen molar-refractivity contribution in [1.82, 2.24) is 5.32 Å². The van der Waals surface area contributed by atoms with Crippen LogP contribution < -0.4 is 15.4 Å². The van der Waals surface area contributed by atoms with Gasteiger partial charge in [0.2, 0.25) is 0 Å². The number of aliphatic hydroxyl groups excluding tert-OH is 1. The van der Waals surface area contributed by atoms with Gasteiger partial charge in [0, 0.05) is 0 Å². The molecule has 2 aromatic rings. The van der Waals surface area contributed by atoms with E-state index in [1.165, 1.54) is 5.56 Å². The molecule has 3 N–H and O–H groups in total. The molecule has 0 saturated heterocycles. The van der Waals surface area contributed by atoms with Gasteiger partial charge in [-0.2, -0.15) is 0 Å². The van der Waals surface area contributed by atoms with Crippen LogP contribution in [0.1, 0.15) is 24.5 Å². The number of aliphatic hydroxyl groups is 1. The fourth-order valence-corrected chi connectivity index (χ4v) is 3.24. The molecule has 0 aromatic heterocycles. The highest BCUT2D eigenvalue weighted by Crippen LogP contribution is 2.36. The van der Waals surface area contributed by atoms with Gasteiger partial charge in [0.05, 0.1) is 24.4 Å². The summed E-state index contributed by atoms with van der Waals surface area (Å²) in [6, 6.07) is 14.9. The number of hydrogen-bond donors (Lipinski definition) is 3. The summed E-state index contributed by atoms with van der Waals surface area (Å²) in [5.74, 6) is 0.625. The number of hydrogen-bond acceptors (Lipinski definition) is 3. The SMILES string of the molecule is CCOc1ccccc1NC(=O)NC1(CO)CCc2ccccc21. The van der Waals surface area contributed by atoms with E-state index in [-0.39, 0.29) is 12.6 Å². The molecule has 0 aliphatic heterocycles. The first kappa shape index (κ1) is 16.3. The Morgan fingerprint density at radius 1 is 1.21 bits per heavy atom. The van der Waals surface area contributed by atoms with E-state index < -0.39 is 5.54 Å². The van der Waals surface area contributed by atoms with Crippen LogP contribution in [0.3, 0.4) is 0 Å². The van der Waals surface area contributed by atoms with E-state index >= 15 is 0 Å². The molecule has 0 bridgehead atoms. The zero-order valence-corrected chi connectivity index (χ0v) is 13.7. The van der Waals surface area contributed by atoms with Gasteiger partial charge in [0.25, 0.3) is 0 Å². The minimum absolute atomic E-state index is 0.134. The lowest BCUT2D eigenvalue weighted by Gasteiger charge is -2.29. The van der Waals surface area contributed by atoms with Crippen molar-refractivity contribution in [2.24, 2.45) is 0 Å². The molecule has 2 amide bonds. The molecule has 1 aliphatic carbocycles. The van der Waals surface area contributed by atoms with E-state index in [1.807, 2.05) is 49.4 Å². The second-order valence-electron chi connectivity index (χ2n) is 5.91. The van der Waals surface area contributed by atoms with Crippen molar-refractivity contribution >= 4 is 11.7 Å². The number of para-hydroxylation sites is 2. The van der Waals surface area contributed by atoms with Gasteiger partial charge in [-0.1, -0.05) is 36.4 Å². The Kier molecular flexibility index (Phi) is 4.71. The standard InChI is InChI=1S/C19H22N2O3/c1-2-24-17-10-6-5-9-16(17)20-18(23)21-19(13-22)12-11-14-7-3-4-8-15(14)19/h3-10,22H,2,11-13H2,1H3,(H2,20,21,23). The molecule has 5 heteroatoms. The topological polar surface area (TPSA) is 70.6 Å². The summed E-state index contributed by atoms with van der Waals surface area (Å²) < 4.78 is 5.52. The van der Waals surface area contributed by atoms with Gasteiger partial charge in [-0.25, -0.2) is 4.79 Å². The highest BCUT2D eigenvalue weighted by molar-refractivity contribution is 5.91. The predicted octanol–water partition coefficient (Wildman–Crippen LogP) is 3.04. The summed E-state index contributed by atoms with van der Waals surface area (Å²) in [7, 11) is 0. The first-order chi connectivity index (χ1) is 11.7. The molecule has 1 aliphatic rings. The van der Waals surface area contributed by atoms with Crippen molar-refractivity contribution in [2.45, 2.75) is 25.3 Å². The maximum atomic E-state index is 12.5. The Labute approximate surface area is 141 Å². The normalized spacial score (nSPS) is 18.8. The van der Waals surface area contributed by atoms with Gasteiger partial charge in [0.15, 0.2) is 0 Å². The first-order valence-corrected chi connectivity index (χ1v) is 8.19. The molecule has 24 heavy (non-hydrogen) atoms. The van der Waals surface area contributed by atoms with E-state index in [0.29, 0.717) is 24.5 Å². The van der Waals surface area contributed by atoms with Crippen LogP contribution in [0.15, 0.2) is 48.5 Å². The van der Waals surface area contributed by atoms with Crippen molar-refractivity contribution < 1.29 is 14.6 Å². The molecule has 5 nitrogen and oxygen atoms in total. The lowest BCUT2D eigenvalue weighted by atomic mass is 9.93. The van der Waals surface area contributed by atoms with Crippen LogP contribution in [-0.4, -0.2) is 24.4 Å². The van der Waals surface area contributed by atoms with Gasteiger partial charge in [-0.3, -0.25) is 0 Å². The van der Waals surface area contributed by atoms with E-state index in [4.69, 9.17) is 4.74 Å². The Bertz CT molecular complexity index is 732. The van der Waals surface area contributed by atoms with Crippen molar-refractivity contribution in [3.63, 3.8) is 0 Å². The monoisotopic (exact) mass is 326 g/mol. The molecule has 2 aromatic carbocycles. The third kappa shape index (κ3) is 3.08. The number of urea groups is 1. The maximum Gasteiger partial charge on any atom is 0.320 e. The molecular formula is C19H22N2O3. The Morgan fingerprint density at radius 3 is 2.75 bits per heavy atom. The number of amides is 2. The van der Waals surface area contributed by atoms with Gasteiger partial charge >= 0.3 is 6.03 Å². The molecule has 0 heterocycles. The molecule has 1 unspecified atom stereocenters. The fourth-order valence-electron chi connectivity index (χ4n) is 3.24. The number of aryl methyl sites for hydroxylation is 1. The zero-order valence-electron chi connectivity index (χ0n) is 13.7. The minimum Gasteiger partial charge on any atom is -0.492 e. The van der Waals surface area contributed by atoms with Crippen LogP contribution in [0.2, 0.25) is 0 Å². The maximum absolute atomic E-state index is 12.5. The van der Waals surface area contributed by atoms with Crippen LogP contribution in [0.4, 0.5) is 10.5 Å². The Balaban J connectivity index is 1.78. The van der Waals surface area contributed by atoms with E-state index in [0.717, 1.165) is 12.0 Å². The lowest BCUT2D eigenvalue weighted by Crippen LogP contribution is -2.48. The molecule has 0 saturated carbocycles. The van der Waals surface area contributed by atoms with Crippen molar-refractivity contribution in [3.8, 4) is 5.75 Å². The number of benzene rings is 2. The molecule has 0 spiro atoms. The van der Waals surface area contributed by atoms with Crippen LogP contribution in [0.5, 0.6) is 5.75 Å². The highest BCUT2D eigenvalue weighted by atomic mass is 16.5. The van der Waals surface area contributed by atoms with Crippen molar-refractivity contribution in [3.05, 3.63) is 59.7 Å². The van der Waals surface area contributed by atoms with Crippen molar-refractivity contribution in [2.75, 3.05) is 18.5 Å². The number of fused-ring (bicyclic) bond motifs is 1. The number of carbonyl (C=O) groups is 1. The van der Waals surface area contributed by atoms with Crippen LogP contribution in [0.25, 0.3) is 0 Å². The smallest absolute Gasteiger partial charge is 0.320 e. The largest absolute Gasteiger partial charge is 0.492 e. The van der Waals surface area contributed by atoms with Gasteiger partial charge in [0.1, 0.15) is 5.75 Å². The van der Waals surface area contributed by atoms with E-state index in [9.17, 15) is 9.90 Å². The molecule has 0 radical (unpaired) electrons. The lowest BCUT2D eigenvalue weighted by molar-refractivity contribution is 0.164. The summed E-state index contributed by atoms with van der Waals surface area (Å²) in [5.41, 5.74) is 2.03. The van der Waals surface area contributed by atoms with Gasteiger partial charge in [-0.15, -0.1) is 0 Å². The number of ether oxygens (including phenoxy) is 1. The average Bonchev–Trinajstić information content (AvgIpc) is 2.96. The quantitative estimate of drug-likeness (QED) is 0.791. The molecular weight excluding hydrogens is 304 g/mol. The van der Waals surface area contributed by atoms with Crippen molar-refractivity contribution in [1.29, 1.82) is 0 Å². The van der Waals surface area contributed by atoms with Gasteiger partial charge in [-0.05, 0) is 43.0 Å². The summed E-state index contributed by atoms with van der Waals surface area (Å²) in [4.78, 5) is 12.5. The number of carbonyl (C=O) groups excluding carboxylic acids is 1. The summed E-state index contributed by atoms with van der Waals surface area (Å²) in [6.07, 6.45) is 1.52. The average molecular weight is 326 g/mol. The fraction of sp³-hybridized carbons (Fsp3) is 0.316. The second-order valence-corrected chi connectivity index (χ2v) is 5.91. The summed E-state index contributed by atoms with van der Waals surface area (Å²) >= 11 is 0. The number of rotatable bonds is 5. The second kappa shape index (κ2) is 6.93. The number of nitrogens with one attached hydrogen (secondary N) is 2. The molecule has 0 fully saturated rings. The van der Waals surface area contributed by atoms with Crippen LogP contribution >= 0.6 is 0 Å². The Hall–Kier alpha value is -2.53. The molecule has 1 atom stereocenters. The van der Waals surface area contributed by atoms with Crippen LogP contribution in [-0.2, 0) is 12.0 Å². The predicted molar refractivity (Wildman–Crippen MR) is 93.3 cm³/mol. The summed E-state index contributed by atoms with van der Waals surface area (Å²) in [5, 5.41) is 15.7. The highest BCUT2D eigenvalue weighted by Gasteiger charge is 2.39. The molecule has 3 rings (SSSR count). The Morgan fingerprint density at radius 2 is 1.96 bits per heavy atom. The van der Waals surface area contributed by atoms with E-state index in [1.54, 1.807) is 6.07 Å². The molecule has 126 valence electrons.